The number of hydrogen-bond donors (Lipinski definition) is 3. The average molecular weight is 467 g/mol. The number of benzene rings is 1. The number of rotatable bonds is 6. The lowest BCUT2D eigenvalue weighted by atomic mass is 10.0. The zero-order chi connectivity index (χ0) is 23.9. The van der Waals surface area contributed by atoms with Crippen molar-refractivity contribution in [2.45, 2.75) is 19.4 Å². The summed E-state index contributed by atoms with van der Waals surface area (Å²) in [7, 11) is 2.38. The molecule has 1 aliphatic carbocycles. The molecule has 5 atom stereocenters. The zero-order valence-corrected chi connectivity index (χ0v) is 20.1. The number of aromatic nitrogens is 2. The number of anilines is 1. The van der Waals surface area contributed by atoms with Gasteiger partial charge in [-0.1, -0.05) is 12.1 Å². The van der Waals surface area contributed by atoms with Crippen LogP contribution >= 0.6 is 0 Å². The molecule has 182 valence electrons. The molecule has 3 unspecified atom stereocenters. The monoisotopic (exact) mass is 466 g/mol. The Labute approximate surface area is 200 Å². The van der Waals surface area contributed by atoms with E-state index in [0.29, 0.717) is 19.1 Å². The summed E-state index contributed by atoms with van der Waals surface area (Å²) in [5, 5.41) is 5.94. The summed E-state index contributed by atoms with van der Waals surface area (Å²) in [6.07, 6.45) is 2.67. The normalized spacial score (nSPS) is 28.9. The molecule has 3 fully saturated rings. The second-order valence-electron chi connectivity index (χ2n) is 10.4. The quantitative estimate of drug-likeness (QED) is 0.548. The first-order chi connectivity index (χ1) is 16.4. The van der Waals surface area contributed by atoms with Crippen LogP contribution in [0.1, 0.15) is 12.5 Å². The van der Waals surface area contributed by atoms with Gasteiger partial charge in [0, 0.05) is 50.6 Å². The van der Waals surface area contributed by atoms with Gasteiger partial charge in [0.1, 0.15) is 5.82 Å². The van der Waals surface area contributed by atoms with E-state index in [0.717, 1.165) is 54.0 Å². The molecule has 3 aliphatic rings. The zero-order valence-electron chi connectivity index (χ0n) is 20.1. The van der Waals surface area contributed by atoms with Gasteiger partial charge in [0.15, 0.2) is 0 Å². The molecular formula is C25H36N7O2+. The fourth-order valence-electron chi connectivity index (χ4n) is 5.89. The number of carbonyl (C=O) groups is 1. The van der Waals surface area contributed by atoms with Gasteiger partial charge in [0.25, 0.3) is 0 Å². The fourth-order valence-corrected chi connectivity index (χ4v) is 5.89. The van der Waals surface area contributed by atoms with Crippen molar-refractivity contribution >= 4 is 11.8 Å². The van der Waals surface area contributed by atoms with E-state index in [9.17, 15) is 9.59 Å². The van der Waals surface area contributed by atoms with Crippen molar-refractivity contribution in [3.8, 4) is 5.69 Å². The van der Waals surface area contributed by atoms with Crippen LogP contribution in [0.2, 0.25) is 0 Å². The first-order valence-electron chi connectivity index (χ1n) is 12.4. The molecule has 1 saturated carbocycles. The predicted molar refractivity (Wildman–Crippen MR) is 132 cm³/mol. The van der Waals surface area contributed by atoms with E-state index in [1.807, 2.05) is 12.1 Å². The SMILES string of the molecule is CC(Cc1ccc(-n2ccc(NC(=O)N3CCNCC3)nc2=O)cc1)[N+]1(C)C[C@@H]2C(CN)[C@@H]2C1. The molecule has 0 radical (unpaired) electrons. The molecule has 5 rings (SSSR count). The summed E-state index contributed by atoms with van der Waals surface area (Å²) in [4.78, 5) is 30.8. The van der Waals surface area contributed by atoms with Crippen LogP contribution in [0.25, 0.3) is 5.69 Å². The topological polar surface area (TPSA) is 105 Å². The molecule has 2 saturated heterocycles. The second kappa shape index (κ2) is 9.13. The summed E-state index contributed by atoms with van der Waals surface area (Å²) < 4.78 is 2.63. The maximum absolute atomic E-state index is 12.6. The van der Waals surface area contributed by atoms with Gasteiger partial charge in [0.05, 0.1) is 31.9 Å². The molecule has 34 heavy (non-hydrogen) atoms. The first-order valence-corrected chi connectivity index (χ1v) is 12.4. The molecule has 2 amide bonds. The Morgan fingerprint density at radius 2 is 1.88 bits per heavy atom. The summed E-state index contributed by atoms with van der Waals surface area (Å²) in [6.45, 7) is 8.48. The molecule has 4 N–H and O–H groups in total. The smallest absolute Gasteiger partial charge is 0.330 e. The number of fused-ring (bicyclic) bond motifs is 1. The molecule has 2 aromatic rings. The van der Waals surface area contributed by atoms with Gasteiger partial charge in [-0.3, -0.25) is 9.88 Å². The minimum absolute atomic E-state index is 0.227. The molecule has 2 aliphatic heterocycles. The van der Waals surface area contributed by atoms with Gasteiger partial charge >= 0.3 is 11.7 Å². The molecule has 1 aromatic carbocycles. The molecule has 9 nitrogen and oxygen atoms in total. The van der Waals surface area contributed by atoms with Crippen LogP contribution in [-0.4, -0.2) is 83.9 Å². The summed E-state index contributed by atoms with van der Waals surface area (Å²) >= 11 is 0. The number of quaternary nitrogens is 1. The Hall–Kier alpha value is -2.75. The van der Waals surface area contributed by atoms with E-state index in [2.05, 4.69) is 41.7 Å². The number of urea groups is 1. The average Bonchev–Trinajstić information content (AvgIpc) is 3.34. The van der Waals surface area contributed by atoms with Crippen LogP contribution in [-0.2, 0) is 6.42 Å². The Morgan fingerprint density at radius 1 is 1.21 bits per heavy atom. The van der Waals surface area contributed by atoms with Crippen molar-refractivity contribution in [2.24, 2.45) is 23.5 Å². The number of likely N-dealkylation sites (tertiary alicyclic amines) is 1. The lowest BCUT2D eigenvalue weighted by Crippen LogP contribution is -2.52. The van der Waals surface area contributed by atoms with Crippen molar-refractivity contribution < 1.29 is 9.28 Å². The first kappa shape index (κ1) is 23.0. The maximum Gasteiger partial charge on any atom is 0.354 e. The molecule has 9 heteroatoms. The van der Waals surface area contributed by atoms with Crippen molar-refractivity contribution in [3.63, 3.8) is 0 Å². The van der Waals surface area contributed by atoms with E-state index in [1.54, 1.807) is 17.2 Å². The minimum atomic E-state index is -0.414. The van der Waals surface area contributed by atoms with Crippen LogP contribution in [0.4, 0.5) is 10.6 Å². The highest BCUT2D eigenvalue weighted by molar-refractivity contribution is 5.88. The Kier molecular flexibility index (Phi) is 6.18. The van der Waals surface area contributed by atoms with Crippen molar-refractivity contribution in [2.75, 3.05) is 58.2 Å². The van der Waals surface area contributed by atoms with Crippen LogP contribution in [0.5, 0.6) is 0 Å². The van der Waals surface area contributed by atoms with E-state index in [4.69, 9.17) is 5.73 Å². The summed E-state index contributed by atoms with van der Waals surface area (Å²) in [5.74, 6) is 2.67. The molecule has 1 aromatic heterocycles. The van der Waals surface area contributed by atoms with Gasteiger partial charge in [0.2, 0.25) is 0 Å². The van der Waals surface area contributed by atoms with Crippen LogP contribution in [0.3, 0.4) is 0 Å². The van der Waals surface area contributed by atoms with Crippen molar-refractivity contribution in [3.05, 3.63) is 52.6 Å². The number of nitrogens with zero attached hydrogens (tertiary/aromatic N) is 4. The van der Waals surface area contributed by atoms with Gasteiger partial charge in [-0.15, -0.1) is 0 Å². The van der Waals surface area contributed by atoms with E-state index in [1.165, 1.54) is 23.2 Å². The van der Waals surface area contributed by atoms with Crippen LogP contribution < -0.4 is 22.1 Å². The maximum atomic E-state index is 12.6. The third kappa shape index (κ3) is 4.47. The number of carbonyl (C=O) groups excluding carboxylic acids is 1. The third-order valence-electron chi connectivity index (χ3n) is 8.29. The lowest BCUT2D eigenvalue weighted by molar-refractivity contribution is -0.925. The fraction of sp³-hybridized carbons (Fsp3) is 0.560. The Morgan fingerprint density at radius 3 is 2.50 bits per heavy atom. The highest BCUT2D eigenvalue weighted by atomic mass is 16.2. The number of hydrogen-bond acceptors (Lipinski definition) is 5. The van der Waals surface area contributed by atoms with Gasteiger partial charge in [-0.2, -0.15) is 4.98 Å². The van der Waals surface area contributed by atoms with Crippen LogP contribution in [0.15, 0.2) is 41.3 Å². The van der Waals surface area contributed by atoms with Crippen LogP contribution in [0, 0.1) is 17.8 Å². The molecular weight excluding hydrogens is 430 g/mol. The van der Waals surface area contributed by atoms with Gasteiger partial charge < -0.3 is 20.4 Å². The Bertz CT molecular complexity index is 1080. The minimum Gasteiger partial charge on any atom is -0.330 e. The van der Waals surface area contributed by atoms with Crippen molar-refractivity contribution in [1.82, 2.24) is 19.8 Å². The summed E-state index contributed by atoms with van der Waals surface area (Å²) in [6, 6.07) is 10.1. The van der Waals surface area contributed by atoms with E-state index >= 15 is 0 Å². The number of likely N-dealkylation sites (N-methyl/N-ethyl adjacent to an activating group) is 1. The number of piperazine rings is 1. The molecule has 0 bridgehead atoms. The Balaban J connectivity index is 1.20. The largest absolute Gasteiger partial charge is 0.354 e. The van der Waals surface area contributed by atoms with Gasteiger partial charge in [-0.05, 0) is 43.1 Å². The van der Waals surface area contributed by atoms with E-state index in [-0.39, 0.29) is 11.8 Å². The van der Waals surface area contributed by atoms with E-state index < -0.39 is 5.69 Å². The molecule has 3 heterocycles. The summed E-state index contributed by atoms with van der Waals surface area (Å²) in [5.41, 5.74) is 7.51. The number of amides is 2. The molecule has 0 spiro atoms. The van der Waals surface area contributed by atoms with Crippen molar-refractivity contribution in [1.29, 1.82) is 0 Å². The van der Waals surface area contributed by atoms with Gasteiger partial charge in [-0.25, -0.2) is 9.59 Å². The standard InChI is InChI=1S/C25H35N7O2/c1-17(32(2)15-21-20(14-26)22(21)16-32)13-18-3-5-19(6-4-18)31-10-7-23(29-25(31)34)28-24(33)30-11-8-27-9-12-30/h3-7,10,17,20-22,27H,8-9,11-16,26H2,1-2H3/p+1/t17?,20?,21-,22+,32?. The highest BCUT2D eigenvalue weighted by Crippen LogP contribution is 2.53. The second-order valence-corrected chi connectivity index (χ2v) is 10.4. The number of nitrogens with two attached hydrogens (primary N) is 1. The highest BCUT2D eigenvalue weighted by Gasteiger charge is 2.61. The number of nitrogens with one attached hydrogen (secondary N) is 2. The number of piperidine rings is 1. The lowest BCUT2D eigenvalue weighted by Gasteiger charge is -2.38. The predicted octanol–water partition coefficient (Wildman–Crippen LogP) is 0.882. The third-order valence-corrected chi connectivity index (χ3v) is 8.29.